The molecule has 160 valence electrons. The van der Waals surface area contributed by atoms with Crippen LogP contribution in [0, 0.1) is 17.2 Å². The number of nitrogens with one attached hydrogen (secondary N) is 1. The van der Waals surface area contributed by atoms with Gasteiger partial charge in [-0.15, -0.1) is 0 Å². The number of nitrogens with zero attached hydrogens (tertiary/aromatic N) is 2. The summed E-state index contributed by atoms with van der Waals surface area (Å²) < 4.78 is 7.39. The number of ether oxygens (including phenoxy) is 1. The summed E-state index contributed by atoms with van der Waals surface area (Å²) in [7, 11) is -2.11. The Bertz CT molecular complexity index is 629. The van der Waals surface area contributed by atoms with Crippen LogP contribution in [0.3, 0.4) is 0 Å². The molecule has 0 aromatic heterocycles. The Balaban J connectivity index is 2.05. The molecule has 2 fully saturated rings. The average molecular weight is 412 g/mol. The Morgan fingerprint density at radius 1 is 1.36 bits per heavy atom. The van der Waals surface area contributed by atoms with Gasteiger partial charge in [0.2, 0.25) is 5.91 Å². The maximum Gasteiger partial charge on any atom is 0.326 e. The highest BCUT2D eigenvalue weighted by molar-refractivity contribution is 6.78. The number of carbonyl (C=O) groups is 2. The Hall–Kier alpha value is -1.57. The zero-order chi connectivity index (χ0) is 21.4. The van der Waals surface area contributed by atoms with Crippen LogP contribution in [0.15, 0.2) is 0 Å². The molecule has 0 radical (unpaired) electrons. The van der Waals surface area contributed by atoms with E-state index in [-0.39, 0.29) is 17.8 Å². The molecule has 8 heteroatoms. The molecule has 0 bridgehead atoms. The quantitative estimate of drug-likeness (QED) is 0.313. The van der Waals surface area contributed by atoms with Gasteiger partial charge in [0.05, 0.1) is 5.92 Å². The predicted molar refractivity (Wildman–Crippen MR) is 112 cm³/mol. The summed E-state index contributed by atoms with van der Waals surface area (Å²) in [6.07, 6.45) is 2.46. The minimum atomic E-state index is -2.11. The summed E-state index contributed by atoms with van der Waals surface area (Å²) in [6.45, 7) is 15.5. The summed E-state index contributed by atoms with van der Waals surface area (Å²) in [4.78, 5) is 26.8. The van der Waals surface area contributed by atoms with Gasteiger partial charge in [-0.2, -0.15) is 0 Å². The van der Waals surface area contributed by atoms with E-state index in [4.69, 9.17) is 10.1 Å². The largest absolute Gasteiger partial charge is 0.480 e. The van der Waals surface area contributed by atoms with Gasteiger partial charge < -0.3 is 19.3 Å². The number of amides is 1. The summed E-state index contributed by atoms with van der Waals surface area (Å²) in [5.74, 6) is -1.11. The first-order valence-electron chi connectivity index (χ1n) is 10.3. The van der Waals surface area contributed by atoms with Crippen molar-refractivity contribution in [1.82, 2.24) is 9.47 Å². The molecule has 2 saturated heterocycles. The molecule has 0 saturated carbocycles. The van der Waals surface area contributed by atoms with E-state index in [1.54, 1.807) is 4.57 Å². The first kappa shape index (κ1) is 22.7. The molecule has 2 N–H and O–H groups in total. The van der Waals surface area contributed by atoms with Crippen LogP contribution >= 0.6 is 0 Å². The van der Waals surface area contributed by atoms with Gasteiger partial charge in [-0.3, -0.25) is 10.2 Å². The Labute approximate surface area is 170 Å². The lowest BCUT2D eigenvalue weighted by molar-refractivity contribution is -0.165. The molecule has 2 aliphatic rings. The van der Waals surface area contributed by atoms with Crippen molar-refractivity contribution in [1.29, 1.82) is 5.41 Å². The molecule has 1 amide bonds. The number of likely N-dealkylation sites (tertiary alicyclic amines) is 1. The van der Waals surface area contributed by atoms with Gasteiger partial charge in [0, 0.05) is 13.1 Å². The van der Waals surface area contributed by atoms with Gasteiger partial charge in [0.1, 0.15) is 11.6 Å². The van der Waals surface area contributed by atoms with Crippen molar-refractivity contribution in [3.05, 3.63) is 0 Å². The predicted octanol–water partition coefficient (Wildman–Crippen LogP) is 3.37. The second kappa shape index (κ2) is 8.04. The third-order valence-corrected chi connectivity index (χ3v) is 10.9. The van der Waals surface area contributed by atoms with Crippen molar-refractivity contribution in [2.24, 2.45) is 11.8 Å². The van der Waals surface area contributed by atoms with Gasteiger partial charge in [-0.05, 0) is 51.5 Å². The van der Waals surface area contributed by atoms with Gasteiger partial charge in [0.25, 0.3) is 6.02 Å². The lowest BCUT2D eigenvalue weighted by Crippen LogP contribution is -2.73. The van der Waals surface area contributed by atoms with E-state index in [0.29, 0.717) is 18.5 Å². The maximum atomic E-state index is 12.9. The smallest absolute Gasteiger partial charge is 0.326 e. The molecule has 2 heterocycles. The number of amidine groups is 1. The number of hydrogen-bond acceptors (Lipinski definition) is 4. The minimum absolute atomic E-state index is 0.0101. The van der Waals surface area contributed by atoms with Crippen LogP contribution in [0.2, 0.25) is 18.6 Å². The van der Waals surface area contributed by atoms with Crippen LogP contribution in [0.1, 0.15) is 53.9 Å². The average Bonchev–Trinajstić information content (AvgIpc) is 2.55. The molecule has 3 atom stereocenters. The van der Waals surface area contributed by atoms with Crippen molar-refractivity contribution >= 4 is 26.1 Å². The Kier molecular flexibility index (Phi) is 6.53. The van der Waals surface area contributed by atoms with Crippen LogP contribution in [0.5, 0.6) is 0 Å². The molecule has 2 rings (SSSR count). The molecule has 2 aliphatic heterocycles. The minimum Gasteiger partial charge on any atom is -0.480 e. The van der Waals surface area contributed by atoms with Crippen molar-refractivity contribution in [2.45, 2.75) is 84.2 Å². The van der Waals surface area contributed by atoms with E-state index in [1.807, 2.05) is 25.7 Å². The van der Waals surface area contributed by atoms with Crippen LogP contribution in [-0.4, -0.2) is 65.4 Å². The fourth-order valence-electron chi connectivity index (χ4n) is 4.14. The first-order chi connectivity index (χ1) is 12.8. The lowest BCUT2D eigenvalue weighted by Gasteiger charge is -2.54. The molecule has 7 nitrogen and oxygen atoms in total. The standard InChI is InChI=1S/C20H37N3O4Si/c1-13(2)28(6,7)23-16(18(25)26)15(17(23)24)11-14-9-8-10-22(12-14)19(21)27-20(3,4)5/h13-16,21H,8-12H2,1-7H3,(H,25,26)/t14?,15-,16?/m1/s1. The van der Waals surface area contributed by atoms with Crippen LogP contribution in [0.4, 0.5) is 0 Å². The molecule has 0 spiro atoms. The van der Waals surface area contributed by atoms with Gasteiger partial charge >= 0.3 is 5.97 Å². The highest BCUT2D eigenvalue weighted by atomic mass is 28.3. The molecular weight excluding hydrogens is 374 g/mol. The molecule has 0 aliphatic carbocycles. The van der Waals surface area contributed by atoms with Gasteiger partial charge in [-0.25, -0.2) is 4.79 Å². The summed E-state index contributed by atoms with van der Waals surface area (Å²) in [5.41, 5.74) is -0.116. The Morgan fingerprint density at radius 2 is 1.96 bits per heavy atom. The number of carboxylic acid groups (broad SMARTS) is 1. The number of aliphatic carboxylic acids is 1. The summed E-state index contributed by atoms with van der Waals surface area (Å²) in [5, 5.41) is 18.0. The monoisotopic (exact) mass is 411 g/mol. The second-order valence-electron chi connectivity index (χ2n) is 10.1. The lowest BCUT2D eigenvalue weighted by atomic mass is 9.80. The van der Waals surface area contributed by atoms with Crippen molar-refractivity contribution in [3.8, 4) is 0 Å². The summed E-state index contributed by atoms with van der Waals surface area (Å²) >= 11 is 0. The van der Waals surface area contributed by atoms with Crippen LogP contribution in [-0.2, 0) is 14.3 Å². The van der Waals surface area contributed by atoms with Crippen molar-refractivity contribution in [2.75, 3.05) is 13.1 Å². The molecule has 0 aromatic rings. The zero-order valence-corrected chi connectivity index (χ0v) is 19.4. The van der Waals surface area contributed by atoms with E-state index < -0.39 is 31.8 Å². The SMILES string of the molecule is CC(C)[Si](C)(C)N1C(=O)[C@H](CC2CCCN(C(=N)OC(C)(C)C)C2)C1C(=O)O. The zero-order valence-electron chi connectivity index (χ0n) is 18.4. The van der Waals surface area contributed by atoms with Gasteiger partial charge in [0.15, 0.2) is 8.24 Å². The third kappa shape index (κ3) is 4.70. The number of β-lactam (4-membered cyclic amide) rings is 1. The number of carbonyl (C=O) groups excluding carboxylic acids is 1. The second-order valence-corrected chi connectivity index (χ2v) is 15.1. The third-order valence-electron chi connectivity index (χ3n) is 6.30. The van der Waals surface area contributed by atoms with E-state index in [1.165, 1.54) is 0 Å². The topological polar surface area (TPSA) is 93.9 Å². The molecular formula is C20H37N3O4Si. The number of carboxylic acids is 1. The van der Waals surface area contributed by atoms with Crippen LogP contribution < -0.4 is 0 Å². The maximum absolute atomic E-state index is 12.9. The highest BCUT2D eigenvalue weighted by Gasteiger charge is 2.58. The summed E-state index contributed by atoms with van der Waals surface area (Å²) in [6, 6.07) is -0.529. The first-order valence-corrected chi connectivity index (χ1v) is 13.4. The van der Waals surface area contributed by atoms with Crippen molar-refractivity contribution < 1.29 is 19.4 Å². The highest BCUT2D eigenvalue weighted by Crippen LogP contribution is 2.41. The number of piperidine rings is 1. The normalized spacial score (nSPS) is 26.3. The Morgan fingerprint density at radius 3 is 2.46 bits per heavy atom. The number of rotatable bonds is 5. The molecule has 2 unspecified atom stereocenters. The number of hydrogen-bond donors (Lipinski definition) is 2. The van der Waals surface area contributed by atoms with E-state index in [2.05, 4.69) is 26.9 Å². The van der Waals surface area contributed by atoms with Crippen LogP contribution in [0.25, 0.3) is 0 Å². The van der Waals surface area contributed by atoms with Gasteiger partial charge in [-0.1, -0.05) is 26.9 Å². The van der Waals surface area contributed by atoms with E-state index >= 15 is 0 Å². The van der Waals surface area contributed by atoms with E-state index in [9.17, 15) is 14.7 Å². The van der Waals surface area contributed by atoms with Crippen molar-refractivity contribution in [3.63, 3.8) is 0 Å². The molecule has 28 heavy (non-hydrogen) atoms. The fraction of sp³-hybridized carbons (Fsp3) is 0.850. The fourth-order valence-corrected chi connectivity index (χ4v) is 6.43. The molecule has 0 aromatic carbocycles. The van der Waals surface area contributed by atoms with E-state index in [0.717, 1.165) is 19.4 Å².